The van der Waals surface area contributed by atoms with Gasteiger partial charge in [-0.15, -0.1) is 0 Å². The number of amides is 1. The highest BCUT2D eigenvalue weighted by atomic mass is 33.1. The molecule has 0 atom stereocenters. The molecule has 0 aliphatic carbocycles. The van der Waals surface area contributed by atoms with Crippen molar-refractivity contribution in [2.75, 3.05) is 13.7 Å². The molecule has 0 saturated carbocycles. The van der Waals surface area contributed by atoms with Crippen molar-refractivity contribution < 1.29 is 9.90 Å². The van der Waals surface area contributed by atoms with Crippen LogP contribution in [-0.2, 0) is 11.2 Å². The molecule has 0 bridgehead atoms. The predicted molar refractivity (Wildman–Crippen MR) is 88.1 cm³/mol. The van der Waals surface area contributed by atoms with Crippen molar-refractivity contribution >= 4 is 27.5 Å². The molecule has 0 radical (unpaired) electrons. The summed E-state index contributed by atoms with van der Waals surface area (Å²) in [5.41, 5.74) is 1.18. The summed E-state index contributed by atoms with van der Waals surface area (Å²) in [7, 11) is 5.18. The summed E-state index contributed by atoms with van der Waals surface area (Å²) in [5, 5.41) is 11.7. The van der Waals surface area contributed by atoms with Crippen LogP contribution in [0.15, 0.2) is 29.2 Å². The van der Waals surface area contributed by atoms with E-state index >= 15 is 0 Å². The quantitative estimate of drug-likeness (QED) is 0.723. The zero-order chi connectivity index (χ0) is 15.0. The second-order valence-electron chi connectivity index (χ2n) is 5.18. The third-order valence-corrected chi connectivity index (χ3v) is 6.40. The molecule has 0 aliphatic rings. The van der Waals surface area contributed by atoms with Crippen LogP contribution in [0.4, 0.5) is 0 Å². The lowest BCUT2D eigenvalue weighted by atomic mass is 10.1. The number of carbonyl (C=O) groups is 1. The first kappa shape index (κ1) is 17.4. The summed E-state index contributed by atoms with van der Waals surface area (Å²) in [4.78, 5) is 12.5. The molecular weight excluding hydrogens is 290 g/mol. The van der Waals surface area contributed by atoms with Crippen LogP contribution in [0.2, 0.25) is 0 Å². The van der Waals surface area contributed by atoms with E-state index in [4.69, 9.17) is 5.11 Å². The highest BCUT2D eigenvalue weighted by molar-refractivity contribution is 8.77. The second-order valence-corrected chi connectivity index (χ2v) is 8.06. The average Bonchev–Trinajstić information content (AvgIpc) is 2.44. The molecule has 0 aliphatic heterocycles. The molecule has 3 nitrogen and oxygen atoms in total. The van der Waals surface area contributed by atoms with Gasteiger partial charge in [0.25, 0.3) is 0 Å². The fourth-order valence-electron chi connectivity index (χ4n) is 1.65. The lowest BCUT2D eigenvalue weighted by molar-refractivity contribution is -0.120. The van der Waals surface area contributed by atoms with Crippen molar-refractivity contribution in [3.05, 3.63) is 29.8 Å². The molecule has 112 valence electrons. The van der Waals surface area contributed by atoms with Gasteiger partial charge in [-0.05, 0) is 38.3 Å². The number of carbonyl (C=O) groups excluding carboxylic acids is 1. The largest absolute Gasteiger partial charge is 0.396 e. The Kier molecular flexibility index (Phi) is 7.48. The number of hydrogen-bond acceptors (Lipinski definition) is 4. The fourth-order valence-corrected chi connectivity index (χ4v) is 4.25. The summed E-state index contributed by atoms with van der Waals surface area (Å²) in [6, 6.07) is 8.14. The van der Waals surface area contributed by atoms with Gasteiger partial charge in [0.15, 0.2) is 0 Å². The minimum atomic E-state index is 0.0313. The second kappa shape index (κ2) is 8.60. The lowest BCUT2D eigenvalue weighted by Gasteiger charge is -2.23. The SMILES string of the molecule is CNC(=O)CCC(C)(C)SSc1ccccc1CCO. The van der Waals surface area contributed by atoms with Gasteiger partial charge in [-0.3, -0.25) is 4.79 Å². The number of nitrogens with one attached hydrogen (secondary N) is 1. The van der Waals surface area contributed by atoms with Crippen LogP contribution in [0.3, 0.4) is 0 Å². The first-order chi connectivity index (χ1) is 9.48. The Labute approximate surface area is 129 Å². The monoisotopic (exact) mass is 313 g/mol. The van der Waals surface area contributed by atoms with Crippen LogP contribution in [0.25, 0.3) is 0 Å². The Balaban J connectivity index is 2.55. The number of rotatable bonds is 8. The molecule has 0 fully saturated rings. The van der Waals surface area contributed by atoms with Gasteiger partial charge >= 0.3 is 0 Å². The summed E-state index contributed by atoms with van der Waals surface area (Å²) < 4.78 is 0.0313. The molecule has 1 amide bonds. The summed E-state index contributed by atoms with van der Waals surface area (Å²) in [5.74, 6) is 0.0874. The van der Waals surface area contributed by atoms with Crippen LogP contribution in [-0.4, -0.2) is 29.4 Å². The number of aliphatic hydroxyl groups is 1. The molecule has 20 heavy (non-hydrogen) atoms. The van der Waals surface area contributed by atoms with E-state index in [9.17, 15) is 4.79 Å². The third-order valence-electron chi connectivity index (χ3n) is 2.94. The normalized spacial score (nSPS) is 11.4. The van der Waals surface area contributed by atoms with Crippen molar-refractivity contribution in [1.29, 1.82) is 0 Å². The highest BCUT2D eigenvalue weighted by Gasteiger charge is 2.21. The van der Waals surface area contributed by atoms with Crippen LogP contribution in [0.5, 0.6) is 0 Å². The molecule has 5 heteroatoms. The molecular formula is C15H23NO2S2. The van der Waals surface area contributed by atoms with Gasteiger partial charge in [-0.2, -0.15) is 0 Å². The standard InChI is InChI=1S/C15H23NO2S2/c1-15(2,10-8-14(18)16-3)20-19-13-7-5-4-6-12(13)9-11-17/h4-7,17H,8-11H2,1-3H3,(H,16,18). The summed E-state index contributed by atoms with van der Waals surface area (Å²) >= 11 is 0. The number of aliphatic hydroxyl groups excluding tert-OH is 1. The van der Waals surface area contributed by atoms with Crippen molar-refractivity contribution in [2.45, 2.75) is 42.8 Å². The first-order valence-electron chi connectivity index (χ1n) is 6.73. The molecule has 1 aromatic carbocycles. The van der Waals surface area contributed by atoms with Gasteiger partial charge in [-0.25, -0.2) is 0 Å². The van der Waals surface area contributed by atoms with Crippen LogP contribution in [0.1, 0.15) is 32.3 Å². The van der Waals surface area contributed by atoms with Crippen molar-refractivity contribution in [2.24, 2.45) is 0 Å². The Bertz CT molecular complexity index is 436. The van der Waals surface area contributed by atoms with E-state index in [1.54, 1.807) is 28.6 Å². The maximum Gasteiger partial charge on any atom is 0.219 e. The number of hydrogen-bond donors (Lipinski definition) is 2. The van der Waals surface area contributed by atoms with Crippen molar-refractivity contribution in [3.63, 3.8) is 0 Å². The summed E-state index contributed by atoms with van der Waals surface area (Å²) in [6.45, 7) is 4.48. The van der Waals surface area contributed by atoms with Gasteiger partial charge in [0.2, 0.25) is 5.91 Å². The predicted octanol–water partition coefficient (Wildman–Crippen LogP) is 3.27. The number of benzene rings is 1. The van der Waals surface area contributed by atoms with E-state index in [1.807, 2.05) is 12.1 Å². The summed E-state index contributed by atoms with van der Waals surface area (Å²) in [6.07, 6.45) is 2.07. The van der Waals surface area contributed by atoms with E-state index in [2.05, 4.69) is 31.3 Å². The maximum atomic E-state index is 11.3. The Morgan fingerprint density at radius 2 is 2.05 bits per heavy atom. The average molecular weight is 313 g/mol. The van der Waals surface area contributed by atoms with E-state index in [0.29, 0.717) is 12.8 Å². The van der Waals surface area contributed by atoms with Crippen molar-refractivity contribution in [3.8, 4) is 0 Å². The minimum absolute atomic E-state index is 0.0313. The van der Waals surface area contributed by atoms with E-state index in [0.717, 1.165) is 6.42 Å². The van der Waals surface area contributed by atoms with Gasteiger partial charge in [0.1, 0.15) is 0 Å². The third kappa shape index (κ3) is 6.20. The fraction of sp³-hybridized carbons (Fsp3) is 0.533. The van der Waals surface area contributed by atoms with Gasteiger partial charge in [-0.1, -0.05) is 39.8 Å². The molecule has 0 spiro atoms. The van der Waals surface area contributed by atoms with Crippen LogP contribution in [0, 0.1) is 0 Å². The van der Waals surface area contributed by atoms with Gasteiger partial charge in [0.05, 0.1) is 0 Å². The lowest BCUT2D eigenvalue weighted by Crippen LogP contribution is -2.22. The zero-order valence-electron chi connectivity index (χ0n) is 12.3. The maximum absolute atomic E-state index is 11.3. The molecule has 1 rings (SSSR count). The Morgan fingerprint density at radius 1 is 1.35 bits per heavy atom. The zero-order valence-corrected chi connectivity index (χ0v) is 13.9. The molecule has 2 N–H and O–H groups in total. The molecule has 0 aromatic heterocycles. The topological polar surface area (TPSA) is 49.3 Å². The van der Waals surface area contributed by atoms with Gasteiger partial charge in [0, 0.05) is 29.7 Å². The van der Waals surface area contributed by atoms with Gasteiger partial charge < -0.3 is 10.4 Å². The molecule has 1 aromatic rings. The van der Waals surface area contributed by atoms with Crippen molar-refractivity contribution in [1.82, 2.24) is 5.32 Å². The van der Waals surface area contributed by atoms with E-state index < -0.39 is 0 Å². The van der Waals surface area contributed by atoms with Crippen LogP contribution < -0.4 is 5.32 Å². The first-order valence-corrected chi connectivity index (χ1v) is 8.88. The van der Waals surface area contributed by atoms with Crippen LogP contribution >= 0.6 is 21.6 Å². The molecule has 0 saturated heterocycles. The Hall–Kier alpha value is -0.650. The molecule has 0 heterocycles. The minimum Gasteiger partial charge on any atom is -0.396 e. The van der Waals surface area contributed by atoms with E-state index in [-0.39, 0.29) is 17.3 Å². The van der Waals surface area contributed by atoms with E-state index in [1.165, 1.54) is 10.5 Å². The molecule has 0 unspecified atom stereocenters. The highest BCUT2D eigenvalue weighted by Crippen LogP contribution is 2.44. The Morgan fingerprint density at radius 3 is 2.70 bits per heavy atom. The smallest absolute Gasteiger partial charge is 0.219 e.